The summed E-state index contributed by atoms with van der Waals surface area (Å²) in [5, 5.41) is 1.12. The number of unbranched alkanes of at least 4 members (excludes halogenated alkanes) is 2. The van der Waals surface area contributed by atoms with Gasteiger partial charge in [-0.2, -0.15) is 0 Å². The van der Waals surface area contributed by atoms with E-state index in [0.717, 1.165) is 48.2 Å². The fourth-order valence-corrected chi connectivity index (χ4v) is 2.91. The molecule has 2 nitrogen and oxygen atoms in total. The lowest BCUT2D eigenvalue weighted by molar-refractivity contribution is 0.310. The largest absolute Gasteiger partial charge is 0.494 e. The van der Waals surface area contributed by atoms with Crippen molar-refractivity contribution in [1.82, 2.24) is 4.98 Å². The molecular weight excluding hydrogens is 306 g/mol. The van der Waals surface area contributed by atoms with Crippen LogP contribution in [0.3, 0.4) is 0 Å². The van der Waals surface area contributed by atoms with E-state index < -0.39 is 0 Å². The molecule has 0 aliphatic rings. The molecule has 0 amide bonds. The molecule has 0 unspecified atom stereocenters. The number of aryl methyl sites for hydroxylation is 1. The Bertz CT molecular complexity index is 808. The molecule has 0 radical (unpaired) electrons. The highest BCUT2D eigenvalue weighted by atomic mass is 16.5. The van der Waals surface area contributed by atoms with Gasteiger partial charge in [0.1, 0.15) is 5.75 Å². The van der Waals surface area contributed by atoms with E-state index in [9.17, 15) is 0 Å². The number of benzene rings is 2. The fraction of sp³-hybridized carbons (Fsp3) is 0.348. The Balaban J connectivity index is 1.77. The zero-order chi connectivity index (χ0) is 17.5. The van der Waals surface area contributed by atoms with Crippen molar-refractivity contribution in [2.24, 2.45) is 0 Å². The molecule has 0 fully saturated rings. The monoisotopic (exact) mass is 333 g/mol. The Hall–Kier alpha value is -2.35. The van der Waals surface area contributed by atoms with E-state index in [1.807, 2.05) is 6.07 Å². The van der Waals surface area contributed by atoms with Crippen molar-refractivity contribution in [3.8, 4) is 17.0 Å². The summed E-state index contributed by atoms with van der Waals surface area (Å²) in [4.78, 5) is 4.82. The van der Waals surface area contributed by atoms with Crippen LogP contribution in [0.2, 0.25) is 0 Å². The third-order valence-corrected chi connectivity index (χ3v) is 4.50. The predicted octanol–water partition coefficient (Wildman–Crippen LogP) is 6.42. The van der Waals surface area contributed by atoms with Gasteiger partial charge in [-0.05, 0) is 49.1 Å². The van der Waals surface area contributed by atoms with Crippen LogP contribution in [0, 0.1) is 0 Å². The van der Waals surface area contributed by atoms with Crippen molar-refractivity contribution in [2.45, 2.75) is 46.0 Å². The molecule has 3 rings (SSSR count). The van der Waals surface area contributed by atoms with Gasteiger partial charge in [-0.15, -0.1) is 0 Å². The van der Waals surface area contributed by atoms with E-state index in [0.29, 0.717) is 0 Å². The summed E-state index contributed by atoms with van der Waals surface area (Å²) in [6.07, 6.45) is 5.87. The topological polar surface area (TPSA) is 22.1 Å². The van der Waals surface area contributed by atoms with Crippen molar-refractivity contribution >= 4 is 10.9 Å². The SMILES string of the molecule is CCCCOc1ccc2nc(-c3ccc(CCCC)cc3)ccc2c1. The van der Waals surface area contributed by atoms with Crippen LogP contribution in [0.5, 0.6) is 5.75 Å². The Morgan fingerprint density at radius 3 is 2.40 bits per heavy atom. The van der Waals surface area contributed by atoms with Gasteiger partial charge in [0, 0.05) is 10.9 Å². The average molecular weight is 333 g/mol. The Kier molecular flexibility index (Phi) is 6.05. The second-order valence-electron chi connectivity index (χ2n) is 6.55. The second kappa shape index (κ2) is 8.66. The summed E-state index contributed by atoms with van der Waals surface area (Å²) in [5.74, 6) is 0.927. The first-order valence-electron chi connectivity index (χ1n) is 9.43. The molecule has 0 aliphatic heterocycles. The van der Waals surface area contributed by atoms with Crippen molar-refractivity contribution in [1.29, 1.82) is 0 Å². The highest BCUT2D eigenvalue weighted by molar-refractivity contribution is 5.82. The first-order valence-corrected chi connectivity index (χ1v) is 9.43. The standard InChI is InChI=1S/C23H27NO/c1-3-5-7-18-8-10-19(11-9-18)22-14-12-20-17-21(25-16-6-4-2)13-15-23(20)24-22/h8-15,17H,3-7,16H2,1-2H3. The lowest BCUT2D eigenvalue weighted by atomic mass is 10.0. The third kappa shape index (κ3) is 4.60. The molecule has 0 saturated heterocycles. The van der Waals surface area contributed by atoms with E-state index in [1.54, 1.807) is 0 Å². The van der Waals surface area contributed by atoms with E-state index in [4.69, 9.17) is 9.72 Å². The molecule has 1 aromatic heterocycles. The molecule has 0 saturated carbocycles. The Labute approximate surface area is 150 Å². The predicted molar refractivity (Wildman–Crippen MR) is 106 cm³/mol. The van der Waals surface area contributed by atoms with Gasteiger partial charge >= 0.3 is 0 Å². The molecule has 0 N–H and O–H groups in total. The molecule has 3 aromatic rings. The normalized spacial score (nSPS) is 11.0. The lowest BCUT2D eigenvalue weighted by Crippen LogP contribution is -1.96. The second-order valence-corrected chi connectivity index (χ2v) is 6.55. The van der Waals surface area contributed by atoms with E-state index >= 15 is 0 Å². The van der Waals surface area contributed by atoms with Gasteiger partial charge in [-0.3, -0.25) is 0 Å². The van der Waals surface area contributed by atoms with E-state index in [2.05, 4.69) is 62.4 Å². The highest BCUT2D eigenvalue weighted by Gasteiger charge is 2.04. The molecule has 0 spiro atoms. The number of hydrogen-bond acceptors (Lipinski definition) is 2. The van der Waals surface area contributed by atoms with Crippen molar-refractivity contribution in [2.75, 3.05) is 6.61 Å². The average Bonchev–Trinajstić information content (AvgIpc) is 2.66. The molecule has 0 aliphatic carbocycles. The Morgan fingerprint density at radius 1 is 0.840 bits per heavy atom. The van der Waals surface area contributed by atoms with Crippen molar-refractivity contribution in [3.05, 3.63) is 60.2 Å². The minimum absolute atomic E-state index is 0.776. The first kappa shape index (κ1) is 17.5. The molecule has 1 heterocycles. The summed E-state index contributed by atoms with van der Waals surface area (Å²) in [6, 6.07) is 19.2. The van der Waals surface area contributed by atoms with Crippen molar-refractivity contribution in [3.63, 3.8) is 0 Å². The van der Waals surface area contributed by atoms with Crippen LogP contribution < -0.4 is 4.74 Å². The van der Waals surface area contributed by atoms with Gasteiger partial charge in [0.2, 0.25) is 0 Å². The highest BCUT2D eigenvalue weighted by Crippen LogP contribution is 2.24. The zero-order valence-corrected chi connectivity index (χ0v) is 15.3. The molecule has 0 bridgehead atoms. The minimum atomic E-state index is 0.776. The van der Waals surface area contributed by atoms with Gasteiger partial charge in [-0.25, -0.2) is 4.98 Å². The number of hydrogen-bond donors (Lipinski definition) is 0. The molecule has 0 atom stereocenters. The van der Waals surface area contributed by atoms with Gasteiger partial charge in [0.15, 0.2) is 0 Å². The number of pyridine rings is 1. The van der Waals surface area contributed by atoms with E-state index in [1.165, 1.54) is 24.0 Å². The molecule has 2 aromatic carbocycles. The van der Waals surface area contributed by atoms with Crippen LogP contribution in [-0.2, 0) is 6.42 Å². The number of nitrogens with zero attached hydrogens (tertiary/aromatic N) is 1. The molecular formula is C23H27NO. The van der Waals surface area contributed by atoms with Crippen LogP contribution in [0.1, 0.15) is 45.1 Å². The zero-order valence-electron chi connectivity index (χ0n) is 15.3. The molecule has 130 valence electrons. The van der Waals surface area contributed by atoms with Gasteiger partial charge in [0.25, 0.3) is 0 Å². The first-order chi connectivity index (χ1) is 12.3. The number of rotatable bonds is 8. The summed E-state index contributed by atoms with van der Waals surface area (Å²) < 4.78 is 5.79. The smallest absolute Gasteiger partial charge is 0.120 e. The van der Waals surface area contributed by atoms with Crippen LogP contribution in [0.15, 0.2) is 54.6 Å². The number of aromatic nitrogens is 1. The maximum absolute atomic E-state index is 5.79. The van der Waals surface area contributed by atoms with Crippen LogP contribution in [0.4, 0.5) is 0 Å². The van der Waals surface area contributed by atoms with E-state index in [-0.39, 0.29) is 0 Å². The number of ether oxygens (including phenoxy) is 1. The van der Waals surface area contributed by atoms with Gasteiger partial charge < -0.3 is 4.74 Å². The van der Waals surface area contributed by atoms with Gasteiger partial charge in [-0.1, -0.05) is 57.0 Å². The quantitative estimate of drug-likeness (QED) is 0.443. The minimum Gasteiger partial charge on any atom is -0.494 e. The van der Waals surface area contributed by atoms with Crippen molar-refractivity contribution < 1.29 is 4.74 Å². The Morgan fingerprint density at radius 2 is 1.64 bits per heavy atom. The summed E-state index contributed by atoms with van der Waals surface area (Å²) in [6.45, 7) is 5.18. The van der Waals surface area contributed by atoms with Crippen LogP contribution >= 0.6 is 0 Å². The molecule has 25 heavy (non-hydrogen) atoms. The maximum Gasteiger partial charge on any atom is 0.120 e. The maximum atomic E-state index is 5.79. The van der Waals surface area contributed by atoms with Crippen LogP contribution in [0.25, 0.3) is 22.2 Å². The molecule has 2 heteroatoms. The van der Waals surface area contributed by atoms with Crippen LogP contribution in [-0.4, -0.2) is 11.6 Å². The fourth-order valence-electron chi connectivity index (χ4n) is 2.91. The number of fused-ring (bicyclic) bond motifs is 1. The summed E-state index contributed by atoms with van der Waals surface area (Å²) in [7, 11) is 0. The summed E-state index contributed by atoms with van der Waals surface area (Å²) >= 11 is 0. The van der Waals surface area contributed by atoms with Gasteiger partial charge in [0.05, 0.1) is 17.8 Å². The lowest BCUT2D eigenvalue weighted by Gasteiger charge is -2.08. The third-order valence-electron chi connectivity index (χ3n) is 4.50. The summed E-state index contributed by atoms with van der Waals surface area (Å²) in [5.41, 5.74) is 4.61.